The fourth-order valence-corrected chi connectivity index (χ4v) is 7.61. The largest absolute Gasteiger partial charge is 0.497 e. The summed E-state index contributed by atoms with van der Waals surface area (Å²) in [6.45, 7) is 7.41. The second-order valence-corrected chi connectivity index (χ2v) is 12.2. The van der Waals surface area contributed by atoms with Crippen LogP contribution in [0.4, 0.5) is 0 Å². The van der Waals surface area contributed by atoms with Crippen LogP contribution in [-0.2, 0) is 30.8 Å². The lowest BCUT2D eigenvalue weighted by Gasteiger charge is -2.27. The number of hydrogen-bond acceptors (Lipinski definition) is 9. The number of thiophene rings is 1. The first-order valence-corrected chi connectivity index (χ1v) is 15.8. The van der Waals surface area contributed by atoms with Crippen molar-refractivity contribution < 1.29 is 23.7 Å². The summed E-state index contributed by atoms with van der Waals surface area (Å²) in [6.07, 6.45) is 3.20. The normalized spacial score (nSPS) is 15.4. The average molecular weight is 602 g/mol. The van der Waals surface area contributed by atoms with E-state index in [9.17, 15) is 4.79 Å². The number of carbonyl (C=O) groups is 1. The SMILES string of the molecule is CCOC(=O)c1c(CN2CCCC2)nc2sc3c(c2c1-c1ccc(OC)c(OC)c1)CCN(Cc1ccc(OC)cc1)C3. The molecule has 0 unspecified atom stereocenters. The number of hydrogen-bond donors (Lipinski definition) is 0. The Kier molecular flexibility index (Phi) is 8.83. The summed E-state index contributed by atoms with van der Waals surface area (Å²) in [7, 11) is 4.96. The molecule has 43 heavy (non-hydrogen) atoms. The molecule has 0 atom stereocenters. The van der Waals surface area contributed by atoms with E-state index in [-0.39, 0.29) is 5.97 Å². The van der Waals surface area contributed by atoms with Crippen molar-refractivity contribution in [3.8, 4) is 28.4 Å². The van der Waals surface area contributed by atoms with Gasteiger partial charge in [0.05, 0.1) is 39.2 Å². The van der Waals surface area contributed by atoms with Crippen LogP contribution in [0.15, 0.2) is 42.5 Å². The Hall–Kier alpha value is -3.66. The van der Waals surface area contributed by atoms with E-state index >= 15 is 0 Å². The highest BCUT2D eigenvalue weighted by molar-refractivity contribution is 7.19. The molecule has 0 aliphatic carbocycles. The minimum absolute atomic E-state index is 0.299. The lowest BCUT2D eigenvalue weighted by molar-refractivity contribution is 0.0524. The highest BCUT2D eigenvalue weighted by atomic mass is 32.1. The fraction of sp³-hybridized carbons (Fsp3) is 0.412. The molecule has 1 saturated heterocycles. The molecular weight excluding hydrogens is 562 g/mol. The smallest absolute Gasteiger partial charge is 0.340 e. The molecule has 2 aliphatic rings. The molecule has 4 aromatic rings. The Morgan fingerprint density at radius 1 is 0.907 bits per heavy atom. The van der Waals surface area contributed by atoms with E-state index in [1.54, 1.807) is 32.7 Å². The molecule has 0 spiro atoms. The molecule has 2 aromatic carbocycles. The maximum atomic E-state index is 13.8. The molecule has 9 heteroatoms. The van der Waals surface area contributed by atoms with Gasteiger partial charge < -0.3 is 18.9 Å². The minimum Gasteiger partial charge on any atom is -0.497 e. The van der Waals surface area contributed by atoms with Crippen LogP contribution in [0.2, 0.25) is 0 Å². The van der Waals surface area contributed by atoms with Crippen LogP contribution in [0.25, 0.3) is 21.3 Å². The van der Waals surface area contributed by atoms with Gasteiger partial charge in [-0.15, -0.1) is 11.3 Å². The molecule has 0 saturated carbocycles. The second-order valence-electron chi connectivity index (χ2n) is 11.1. The third-order valence-corrected chi connectivity index (χ3v) is 9.54. The number of aromatic nitrogens is 1. The zero-order valence-corrected chi connectivity index (χ0v) is 26.2. The van der Waals surface area contributed by atoms with Crippen molar-refractivity contribution in [1.82, 2.24) is 14.8 Å². The van der Waals surface area contributed by atoms with Crippen LogP contribution in [0.5, 0.6) is 17.2 Å². The van der Waals surface area contributed by atoms with Gasteiger partial charge in [-0.2, -0.15) is 0 Å². The first-order valence-electron chi connectivity index (χ1n) is 15.0. The Balaban J connectivity index is 1.49. The zero-order valence-electron chi connectivity index (χ0n) is 25.4. The van der Waals surface area contributed by atoms with Gasteiger partial charge in [-0.05, 0) is 80.2 Å². The molecule has 8 nitrogen and oxygen atoms in total. The van der Waals surface area contributed by atoms with Crippen molar-refractivity contribution in [3.63, 3.8) is 0 Å². The van der Waals surface area contributed by atoms with Crippen LogP contribution >= 0.6 is 11.3 Å². The number of fused-ring (bicyclic) bond motifs is 3. The molecule has 1 fully saturated rings. The molecule has 0 N–H and O–H groups in total. The van der Waals surface area contributed by atoms with E-state index in [0.29, 0.717) is 30.2 Å². The fourth-order valence-electron chi connectivity index (χ4n) is 6.32. The number of rotatable bonds is 10. The number of nitrogens with zero attached hydrogens (tertiary/aromatic N) is 3. The van der Waals surface area contributed by atoms with Crippen LogP contribution < -0.4 is 14.2 Å². The van der Waals surface area contributed by atoms with Gasteiger partial charge in [0.1, 0.15) is 10.6 Å². The zero-order chi connectivity index (χ0) is 29.9. The van der Waals surface area contributed by atoms with Crippen molar-refractivity contribution in [1.29, 1.82) is 0 Å². The highest BCUT2D eigenvalue weighted by Gasteiger charge is 2.31. The van der Waals surface area contributed by atoms with Crippen molar-refractivity contribution in [3.05, 3.63) is 69.7 Å². The van der Waals surface area contributed by atoms with Crippen LogP contribution in [-0.4, -0.2) is 68.3 Å². The van der Waals surface area contributed by atoms with E-state index in [2.05, 4.69) is 21.9 Å². The molecule has 0 amide bonds. The molecule has 0 bridgehead atoms. The first kappa shape index (κ1) is 29.4. The van der Waals surface area contributed by atoms with Gasteiger partial charge in [-0.3, -0.25) is 9.80 Å². The maximum Gasteiger partial charge on any atom is 0.340 e. The standard InChI is InChI=1S/C34H39N3O5S/c1-5-42-34(38)32-26(20-36-15-6-7-16-36)35-33-31(30(32)23-10-13-27(40-3)28(18-23)41-4)25-14-17-37(21-29(25)43-33)19-22-8-11-24(39-2)12-9-22/h8-13,18H,5-7,14-17,19-21H2,1-4H3. The van der Waals surface area contributed by atoms with Gasteiger partial charge in [0, 0.05) is 42.0 Å². The Labute approximate surface area is 257 Å². The number of methoxy groups -OCH3 is 3. The van der Waals surface area contributed by atoms with E-state index in [0.717, 1.165) is 84.8 Å². The van der Waals surface area contributed by atoms with E-state index in [1.807, 2.05) is 37.3 Å². The molecule has 226 valence electrons. The summed E-state index contributed by atoms with van der Waals surface area (Å²) >= 11 is 1.75. The molecule has 0 radical (unpaired) electrons. The summed E-state index contributed by atoms with van der Waals surface area (Å²) in [4.78, 5) is 26.2. The molecule has 2 aromatic heterocycles. The van der Waals surface area contributed by atoms with Gasteiger partial charge in [-0.25, -0.2) is 9.78 Å². The highest BCUT2D eigenvalue weighted by Crippen LogP contribution is 2.45. The number of esters is 1. The van der Waals surface area contributed by atoms with E-state index in [4.69, 9.17) is 23.9 Å². The van der Waals surface area contributed by atoms with Gasteiger partial charge in [0.15, 0.2) is 11.5 Å². The average Bonchev–Trinajstić information content (AvgIpc) is 3.67. The number of likely N-dealkylation sites (tertiary alicyclic amines) is 1. The first-order chi connectivity index (χ1) is 21.0. The van der Waals surface area contributed by atoms with Gasteiger partial charge in [0.25, 0.3) is 0 Å². The topological polar surface area (TPSA) is 73.4 Å². The van der Waals surface area contributed by atoms with Crippen molar-refractivity contribution in [2.24, 2.45) is 0 Å². The molecule has 2 aliphatic heterocycles. The second kappa shape index (κ2) is 12.9. The van der Waals surface area contributed by atoms with Crippen LogP contribution in [0, 0.1) is 0 Å². The maximum absolute atomic E-state index is 13.8. The monoisotopic (exact) mass is 601 g/mol. The summed E-state index contributed by atoms with van der Waals surface area (Å²) < 4.78 is 22.3. The Morgan fingerprint density at radius 3 is 2.37 bits per heavy atom. The number of ether oxygens (including phenoxy) is 4. The van der Waals surface area contributed by atoms with Crippen LogP contribution in [0.1, 0.15) is 51.8 Å². The van der Waals surface area contributed by atoms with E-state index < -0.39 is 0 Å². The van der Waals surface area contributed by atoms with Gasteiger partial charge >= 0.3 is 5.97 Å². The molecule has 6 rings (SSSR count). The Morgan fingerprint density at radius 2 is 1.67 bits per heavy atom. The predicted molar refractivity (Wildman–Crippen MR) is 169 cm³/mol. The minimum atomic E-state index is -0.326. The van der Waals surface area contributed by atoms with E-state index in [1.165, 1.54) is 16.0 Å². The summed E-state index contributed by atoms with van der Waals surface area (Å²) in [6, 6.07) is 14.2. The lowest BCUT2D eigenvalue weighted by atomic mass is 9.91. The van der Waals surface area contributed by atoms with Crippen molar-refractivity contribution in [2.45, 2.75) is 45.8 Å². The van der Waals surface area contributed by atoms with Crippen LogP contribution in [0.3, 0.4) is 0 Å². The summed E-state index contributed by atoms with van der Waals surface area (Å²) in [5, 5.41) is 1.06. The van der Waals surface area contributed by atoms with Crippen molar-refractivity contribution >= 4 is 27.5 Å². The predicted octanol–water partition coefficient (Wildman–Crippen LogP) is 6.32. The Bertz CT molecular complexity index is 1610. The van der Waals surface area contributed by atoms with Gasteiger partial charge in [-0.1, -0.05) is 18.2 Å². The molecular formula is C34H39N3O5S. The third kappa shape index (κ3) is 5.94. The number of carbonyl (C=O) groups excluding carboxylic acids is 1. The number of pyridine rings is 1. The third-order valence-electron chi connectivity index (χ3n) is 8.43. The summed E-state index contributed by atoms with van der Waals surface area (Å²) in [5.41, 5.74) is 5.67. The quantitative estimate of drug-likeness (QED) is 0.196. The molecule has 4 heterocycles. The summed E-state index contributed by atoms with van der Waals surface area (Å²) in [5.74, 6) is 1.81. The van der Waals surface area contributed by atoms with Gasteiger partial charge in [0.2, 0.25) is 0 Å². The lowest BCUT2D eigenvalue weighted by Crippen LogP contribution is -2.29. The van der Waals surface area contributed by atoms with Crippen molar-refractivity contribution in [2.75, 3.05) is 47.6 Å². The number of benzene rings is 2.